The van der Waals surface area contributed by atoms with E-state index in [-0.39, 0.29) is 17.9 Å². The number of carbonyl (C=O) groups is 1. The molecule has 1 aromatic carbocycles. The minimum Gasteiger partial charge on any atom is -0.466 e. The van der Waals surface area contributed by atoms with Crippen LogP contribution in [0.5, 0.6) is 0 Å². The second kappa shape index (κ2) is 6.85. The van der Waals surface area contributed by atoms with E-state index in [1.165, 1.54) is 11.4 Å². The minimum absolute atomic E-state index is 0.0500. The van der Waals surface area contributed by atoms with E-state index in [0.717, 1.165) is 5.56 Å². The number of nitrogens with zero attached hydrogens (tertiary/aromatic N) is 1. The quantitative estimate of drug-likeness (QED) is 0.752. The predicted molar refractivity (Wildman–Crippen MR) is 77.0 cm³/mol. The fourth-order valence-electron chi connectivity index (χ4n) is 1.76. The normalized spacial score (nSPS) is 11.7. The maximum absolute atomic E-state index is 12.4. The topological polar surface area (TPSA) is 63.7 Å². The van der Waals surface area contributed by atoms with Crippen LogP contribution >= 0.6 is 0 Å². The fourth-order valence-corrected chi connectivity index (χ4v) is 3.23. The van der Waals surface area contributed by atoms with Crippen molar-refractivity contribution in [2.45, 2.75) is 32.1 Å². The predicted octanol–water partition coefficient (Wildman–Crippen LogP) is 1.88. The maximum Gasteiger partial charge on any atom is 0.307 e. The summed E-state index contributed by atoms with van der Waals surface area (Å²) in [5.41, 5.74) is 1.58. The second-order valence-corrected chi connectivity index (χ2v) is 6.66. The highest BCUT2D eigenvalue weighted by Crippen LogP contribution is 2.20. The Hall–Kier alpha value is -1.40. The van der Waals surface area contributed by atoms with Gasteiger partial charge in [-0.1, -0.05) is 12.1 Å². The third-order valence-corrected chi connectivity index (χ3v) is 4.97. The van der Waals surface area contributed by atoms with Gasteiger partial charge < -0.3 is 4.74 Å². The van der Waals surface area contributed by atoms with Gasteiger partial charge in [0.05, 0.1) is 17.9 Å². The molecule has 0 spiro atoms. The smallest absolute Gasteiger partial charge is 0.307 e. The summed E-state index contributed by atoms with van der Waals surface area (Å²) in [7, 11) is -2.11. The van der Waals surface area contributed by atoms with Crippen molar-refractivity contribution >= 4 is 16.0 Å². The van der Waals surface area contributed by atoms with Crippen LogP contribution in [-0.2, 0) is 19.6 Å². The molecule has 0 saturated heterocycles. The Kier molecular flexibility index (Phi) is 5.71. The Morgan fingerprint density at radius 2 is 1.95 bits per heavy atom. The highest BCUT2D eigenvalue weighted by atomic mass is 32.2. The van der Waals surface area contributed by atoms with Crippen LogP contribution in [0.2, 0.25) is 0 Å². The molecule has 0 fully saturated rings. The first kappa shape index (κ1) is 16.7. The van der Waals surface area contributed by atoms with Crippen LogP contribution in [-0.4, -0.2) is 38.9 Å². The molecule has 0 atom stereocenters. The molecule has 0 saturated carbocycles. The first-order chi connectivity index (χ1) is 9.28. The molecule has 0 aromatic heterocycles. The zero-order valence-corrected chi connectivity index (χ0v) is 13.2. The van der Waals surface area contributed by atoms with Gasteiger partial charge in [0, 0.05) is 13.6 Å². The Labute approximate surface area is 120 Å². The van der Waals surface area contributed by atoms with Crippen molar-refractivity contribution in [3.05, 3.63) is 29.3 Å². The number of sulfonamides is 1. The zero-order chi connectivity index (χ0) is 15.3. The second-order valence-electron chi connectivity index (χ2n) is 4.65. The largest absolute Gasteiger partial charge is 0.466 e. The average Bonchev–Trinajstić information content (AvgIpc) is 2.38. The summed E-state index contributed by atoms with van der Waals surface area (Å²) in [4.78, 5) is 11.6. The third-order valence-electron chi connectivity index (χ3n) is 2.97. The number of esters is 1. The lowest BCUT2D eigenvalue weighted by Crippen LogP contribution is -2.30. The van der Waals surface area contributed by atoms with Crippen molar-refractivity contribution in [2.24, 2.45) is 0 Å². The minimum atomic E-state index is -3.58. The molecular formula is C14H21NO4S. The van der Waals surface area contributed by atoms with Gasteiger partial charge in [-0.3, -0.25) is 4.79 Å². The van der Waals surface area contributed by atoms with Gasteiger partial charge in [0.15, 0.2) is 0 Å². The monoisotopic (exact) mass is 299 g/mol. The fraction of sp³-hybridized carbons (Fsp3) is 0.500. The van der Waals surface area contributed by atoms with Crippen molar-refractivity contribution in [1.29, 1.82) is 0 Å². The van der Waals surface area contributed by atoms with E-state index >= 15 is 0 Å². The van der Waals surface area contributed by atoms with Crippen molar-refractivity contribution in [2.75, 3.05) is 20.2 Å². The molecule has 1 aromatic rings. The molecule has 0 unspecified atom stereocenters. The number of aryl methyl sites for hydroxylation is 2. The number of hydrogen-bond acceptors (Lipinski definition) is 4. The van der Waals surface area contributed by atoms with Gasteiger partial charge in [-0.15, -0.1) is 0 Å². The van der Waals surface area contributed by atoms with Crippen molar-refractivity contribution in [3.63, 3.8) is 0 Å². The number of rotatable bonds is 6. The molecule has 0 N–H and O–H groups in total. The first-order valence-electron chi connectivity index (χ1n) is 6.48. The van der Waals surface area contributed by atoms with Crippen molar-refractivity contribution in [3.8, 4) is 0 Å². The number of hydrogen-bond donors (Lipinski definition) is 0. The van der Waals surface area contributed by atoms with E-state index in [0.29, 0.717) is 12.2 Å². The molecule has 20 heavy (non-hydrogen) atoms. The van der Waals surface area contributed by atoms with Crippen LogP contribution in [0, 0.1) is 13.8 Å². The van der Waals surface area contributed by atoms with Gasteiger partial charge in [0.25, 0.3) is 0 Å². The van der Waals surface area contributed by atoms with Crippen LogP contribution in [0.1, 0.15) is 24.5 Å². The molecule has 6 heteroatoms. The lowest BCUT2D eigenvalue weighted by Gasteiger charge is -2.18. The SMILES string of the molecule is CCOC(=O)CCN(C)S(=O)(=O)c1cc(C)ccc1C. The molecule has 0 aliphatic carbocycles. The summed E-state index contributed by atoms with van der Waals surface area (Å²) in [6, 6.07) is 5.29. The lowest BCUT2D eigenvalue weighted by atomic mass is 10.2. The molecular weight excluding hydrogens is 278 g/mol. The molecule has 112 valence electrons. The first-order valence-corrected chi connectivity index (χ1v) is 7.92. The zero-order valence-electron chi connectivity index (χ0n) is 12.3. The Morgan fingerprint density at radius 3 is 2.55 bits per heavy atom. The van der Waals surface area contributed by atoms with Crippen LogP contribution in [0.3, 0.4) is 0 Å². The lowest BCUT2D eigenvalue weighted by molar-refractivity contribution is -0.143. The van der Waals surface area contributed by atoms with Crippen LogP contribution < -0.4 is 0 Å². The molecule has 0 amide bonds. The summed E-state index contributed by atoms with van der Waals surface area (Å²) in [5, 5.41) is 0. The summed E-state index contributed by atoms with van der Waals surface area (Å²) < 4.78 is 30.9. The van der Waals surface area contributed by atoms with Gasteiger partial charge >= 0.3 is 5.97 Å². The molecule has 0 aliphatic rings. The highest BCUT2D eigenvalue weighted by molar-refractivity contribution is 7.89. The van der Waals surface area contributed by atoms with Crippen molar-refractivity contribution in [1.82, 2.24) is 4.31 Å². The standard InChI is InChI=1S/C14H21NO4S/c1-5-19-14(16)8-9-15(4)20(17,18)13-10-11(2)6-7-12(13)3/h6-7,10H,5,8-9H2,1-4H3. The highest BCUT2D eigenvalue weighted by Gasteiger charge is 2.23. The van der Waals surface area contributed by atoms with Gasteiger partial charge in [0.2, 0.25) is 10.0 Å². The molecule has 0 radical (unpaired) electrons. The molecule has 0 aliphatic heterocycles. The van der Waals surface area contributed by atoms with Gasteiger partial charge in [0.1, 0.15) is 0 Å². The number of ether oxygens (including phenoxy) is 1. The maximum atomic E-state index is 12.4. The molecule has 5 nitrogen and oxygen atoms in total. The summed E-state index contributed by atoms with van der Waals surface area (Å²) in [6.45, 7) is 5.72. The Bertz CT molecular complexity index is 581. The van der Waals surface area contributed by atoms with Gasteiger partial charge in [-0.2, -0.15) is 0 Å². The molecule has 0 bridgehead atoms. The van der Waals surface area contributed by atoms with E-state index in [4.69, 9.17) is 4.74 Å². The van der Waals surface area contributed by atoms with Gasteiger partial charge in [-0.05, 0) is 38.0 Å². The molecule has 0 heterocycles. The van der Waals surface area contributed by atoms with E-state index < -0.39 is 16.0 Å². The Morgan fingerprint density at radius 1 is 1.30 bits per heavy atom. The van der Waals surface area contributed by atoms with E-state index in [9.17, 15) is 13.2 Å². The van der Waals surface area contributed by atoms with Crippen LogP contribution in [0.15, 0.2) is 23.1 Å². The number of carbonyl (C=O) groups excluding carboxylic acids is 1. The van der Waals surface area contributed by atoms with Crippen LogP contribution in [0.25, 0.3) is 0 Å². The summed E-state index contributed by atoms with van der Waals surface area (Å²) >= 11 is 0. The van der Waals surface area contributed by atoms with E-state index in [1.807, 2.05) is 13.0 Å². The summed E-state index contributed by atoms with van der Waals surface area (Å²) in [6.07, 6.45) is 0.0500. The number of benzene rings is 1. The Balaban J connectivity index is 2.87. The van der Waals surface area contributed by atoms with Crippen LogP contribution in [0.4, 0.5) is 0 Å². The van der Waals surface area contributed by atoms with E-state index in [2.05, 4.69) is 0 Å². The average molecular weight is 299 g/mol. The third kappa shape index (κ3) is 4.05. The van der Waals surface area contributed by atoms with E-state index in [1.54, 1.807) is 26.0 Å². The van der Waals surface area contributed by atoms with Crippen molar-refractivity contribution < 1.29 is 17.9 Å². The summed E-state index contributed by atoms with van der Waals surface area (Å²) in [5.74, 6) is -0.393. The van der Waals surface area contributed by atoms with Gasteiger partial charge in [-0.25, -0.2) is 12.7 Å². The molecule has 1 rings (SSSR count).